The Hall–Kier alpha value is -1.73. The van der Waals surface area contributed by atoms with Gasteiger partial charge in [-0.25, -0.2) is 9.97 Å². The van der Waals surface area contributed by atoms with Crippen molar-refractivity contribution in [1.29, 1.82) is 0 Å². The summed E-state index contributed by atoms with van der Waals surface area (Å²) in [7, 11) is 0. The molecule has 2 fully saturated rings. The van der Waals surface area contributed by atoms with Gasteiger partial charge in [0.25, 0.3) is 11.1 Å². The standard InChI is InChI=1S/C14H16N4O2S/c19-13-11(21-14(20)18-13)7-10-3-5-16-12(17-10)6-9-2-1-4-15-8-9/h3,5,7,9,15H,1-2,4,6,8H2,(H,18,19,20)/b11-7-/t9-/m1/s1. The molecule has 0 radical (unpaired) electrons. The predicted molar refractivity (Wildman–Crippen MR) is 80.4 cm³/mol. The molecule has 110 valence electrons. The highest BCUT2D eigenvalue weighted by Crippen LogP contribution is 2.25. The predicted octanol–water partition coefficient (Wildman–Crippen LogP) is 1.34. The molecule has 3 rings (SSSR count). The first-order valence-corrected chi connectivity index (χ1v) is 7.80. The van der Waals surface area contributed by atoms with E-state index in [2.05, 4.69) is 20.6 Å². The normalized spacial score (nSPS) is 24.4. The number of carbonyl (C=O) groups excluding carboxylic acids is 2. The van der Waals surface area contributed by atoms with Gasteiger partial charge in [0.15, 0.2) is 0 Å². The molecule has 6 nitrogen and oxygen atoms in total. The molecule has 2 saturated heterocycles. The fourth-order valence-electron chi connectivity index (χ4n) is 2.51. The van der Waals surface area contributed by atoms with Crippen LogP contribution in [0.15, 0.2) is 17.2 Å². The number of nitrogens with one attached hydrogen (secondary N) is 2. The smallest absolute Gasteiger partial charge is 0.290 e. The first-order chi connectivity index (χ1) is 10.2. The molecule has 2 amide bonds. The van der Waals surface area contributed by atoms with E-state index < -0.39 is 0 Å². The molecular weight excluding hydrogens is 288 g/mol. The molecule has 0 saturated carbocycles. The van der Waals surface area contributed by atoms with E-state index in [1.807, 2.05) is 0 Å². The van der Waals surface area contributed by atoms with Crippen molar-refractivity contribution in [1.82, 2.24) is 20.6 Å². The zero-order chi connectivity index (χ0) is 14.7. The number of imide groups is 1. The molecule has 2 aliphatic rings. The average Bonchev–Trinajstić information content (AvgIpc) is 2.78. The third kappa shape index (κ3) is 3.68. The minimum atomic E-state index is -0.360. The van der Waals surface area contributed by atoms with Crippen LogP contribution in [0.4, 0.5) is 4.79 Å². The van der Waals surface area contributed by atoms with Gasteiger partial charge >= 0.3 is 0 Å². The highest BCUT2D eigenvalue weighted by Gasteiger charge is 2.25. The molecule has 0 unspecified atom stereocenters. The Morgan fingerprint density at radius 2 is 2.33 bits per heavy atom. The summed E-state index contributed by atoms with van der Waals surface area (Å²) in [6, 6.07) is 1.74. The molecule has 0 spiro atoms. The monoisotopic (exact) mass is 304 g/mol. The van der Waals surface area contributed by atoms with Gasteiger partial charge in [-0.15, -0.1) is 0 Å². The summed E-state index contributed by atoms with van der Waals surface area (Å²) in [5.74, 6) is 0.988. The van der Waals surface area contributed by atoms with Gasteiger partial charge in [0, 0.05) is 12.6 Å². The molecule has 0 aromatic carbocycles. The Morgan fingerprint density at radius 1 is 1.43 bits per heavy atom. The SMILES string of the molecule is O=C1NC(=O)/C(=C/c2ccnc(C[C@H]3CCCNC3)n2)S1. The molecule has 2 aliphatic heterocycles. The van der Waals surface area contributed by atoms with Crippen molar-refractivity contribution in [3.63, 3.8) is 0 Å². The Morgan fingerprint density at radius 3 is 3.05 bits per heavy atom. The first kappa shape index (κ1) is 14.2. The molecule has 1 aromatic rings. The lowest BCUT2D eigenvalue weighted by atomic mass is 9.96. The van der Waals surface area contributed by atoms with Gasteiger partial charge < -0.3 is 5.32 Å². The van der Waals surface area contributed by atoms with Crippen molar-refractivity contribution in [3.8, 4) is 0 Å². The number of aromatic nitrogens is 2. The van der Waals surface area contributed by atoms with E-state index >= 15 is 0 Å². The topological polar surface area (TPSA) is 84.0 Å². The minimum absolute atomic E-state index is 0.339. The molecule has 1 aromatic heterocycles. The van der Waals surface area contributed by atoms with Gasteiger partial charge in [0.1, 0.15) is 5.82 Å². The van der Waals surface area contributed by atoms with Crippen LogP contribution in [0.3, 0.4) is 0 Å². The van der Waals surface area contributed by atoms with Crippen molar-refractivity contribution >= 4 is 29.0 Å². The maximum atomic E-state index is 11.5. The Labute approximate surface area is 126 Å². The van der Waals surface area contributed by atoms with E-state index in [0.717, 1.165) is 37.1 Å². The van der Waals surface area contributed by atoms with E-state index in [9.17, 15) is 9.59 Å². The lowest BCUT2D eigenvalue weighted by molar-refractivity contribution is -0.115. The second-order valence-corrected chi connectivity index (χ2v) is 6.18. The van der Waals surface area contributed by atoms with E-state index in [1.165, 1.54) is 12.8 Å². The highest BCUT2D eigenvalue weighted by molar-refractivity contribution is 8.18. The molecule has 0 aliphatic carbocycles. The molecule has 3 heterocycles. The van der Waals surface area contributed by atoms with Gasteiger partial charge in [-0.05, 0) is 55.8 Å². The molecular formula is C14H16N4O2S. The van der Waals surface area contributed by atoms with Crippen LogP contribution in [0.1, 0.15) is 24.4 Å². The van der Waals surface area contributed by atoms with E-state index in [1.54, 1.807) is 18.3 Å². The zero-order valence-electron chi connectivity index (χ0n) is 11.5. The van der Waals surface area contributed by atoms with Crippen LogP contribution in [0.25, 0.3) is 6.08 Å². The van der Waals surface area contributed by atoms with Crippen molar-refractivity contribution < 1.29 is 9.59 Å². The second kappa shape index (κ2) is 6.36. The summed E-state index contributed by atoms with van der Waals surface area (Å²) in [6.45, 7) is 2.09. The third-order valence-electron chi connectivity index (χ3n) is 3.52. The number of hydrogen-bond donors (Lipinski definition) is 2. The largest absolute Gasteiger partial charge is 0.316 e. The van der Waals surface area contributed by atoms with Crippen molar-refractivity contribution in [3.05, 3.63) is 28.7 Å². The summed E-state index contributed by atoms with van der Waals surface area (Å²) >= 11 is 0.901. The van der Waals surface area contributed by atoms with Crippen LogP contribution in [-0.4, -0.2) is 34.2 Å². The number of carbonyl (C=O) groups is 2. The quantitative estimate of drug-likeness (QED) is 0.820. The van der Waals surface area contributed by atoms with E-state index in [0.29, 0.717) is 16.5 Å². The fourth-order valence-corrected chi connectivity index (χ4v) is 3.17. The summed E-state index contributed by atoms with van der Waals surface area (Å²) in [6.07, 6.45) is 6.55. The molecule has 2 N–H and O–H groups in total. The molecule has 1 atom stereocenters. The van der Waals surface area contributed by atoms with Gasteiger partial charge in [-0.1, -0.05) is 0 Å². The van der Waals surface area contributed by atoms with Crippen molar-refractivity contribution in [2.75, 3.05) is 13.1 Å². The highest BCUT2D eigenvalue weighted by atomic mass is 32.2. The van der Waals surface area contributed by atoms with Crippen LogP contribution in [0.2, 0.25) is 0 Å². The maximum absolute atomic E-state index is 11.5. The number of nitrogens with zero attached hydrogens (tertiary/aromatic N) is 2. The van der Waals surface area contributed by atoms with Crippen LogP contribution >= 0.6 is 11.8 Å². The third-order valence-corrected chi connectivity index (χ3v) is 4.33. The van der Waals surface area contributed by atoms with Crippen LogP contribution in [0.5, 0.6) is 0 Å². The van der Waals surface area contributed by atoms with E-state index in [4.69, 9.17) is 0 Å². The second-order valence-electron chi connectivity index (χ2n) is 5.17. The number of rotatable bonds is 3. The average molecular weight is 304 g/mol. The first-order valence-electron chi connectivity index (χ1n) is 6.98. The van der Waals surface area contributed by atoms with Gasteiger partial charge in [-0.3, -0.25) is 14.9 Å². The van der Waals surface area contributed by atoms with Gasteiger partial charge in [0.05, 0.1) is 10.6 Å². The van der Waals surface area contributed by atoms with Gasteiger partial charge in [-0.2, -0.15) is 0 Å². The van der Waals surface area contributed by atoms with Crippen LogP contribution in [0, 0.1) is 5.92 Å². The lowest BCUT2D eigenvalue weighted by Crippen LogP contribution is -2.31. The Bertz CT molecular complexity index is 596. The fraction of sp³-hybridized carbons (Fsp3) is 0.429. The van der Waals surface area contributed by atoms with Crippen molar-refractivity contribution in [2.45, 2.75) is 19.3 Å². The lowest BCUT2D eigenvalue weighted by Gasteiger charge is -2.21. The van der Waals surface area contributed by atoms with E-state index in [-0.39, 0.29) is 11.1 Å². The molecule has 21 heavy (non-hydrogen) atoms. The van der Waals surface area contributed by atoms with Crippen LogP contribution < -0.4 is 10.6 Å². The number of amides is 2. The molecule has 0 bridgehead atoms. The molecule has 7 heteroatoms. The number of piperidine rings is 1. The van der Waals surface area contributed by atoms with Gasteiger partial charge in [0.2, 0.25) is 0 Å². The Kier molecular flexibility index (Phi) is 4.31. The number of hydrogen-bond acceptors (Lipinski definition) is 6. The Balaban J connectivity index is 1.72. The number of thioether (sulfide) groups is 1. The zero-order valence-corrected chi connectivity index (χ0v) is 12.3. The summed E-state index contributed by atoms with van der Waals surface area (Å²) in [5.41, 5.74) is 0.663. The summed E-state index contributed by atoms with van der Waals surface area (Å²) < 4.78 is 0. The van der Waals surface area contributed by atoms with Crippen LogP contribution in [-0.2, 0) is 11.2 Å². The van der Waals surface area contributed by atoms with Crippen molar-refractivity contribution in [2.24, 2.45) is 5.92 Å². The summed E-state index contributed by atoms with van der Waals surface area (Å²) in [5, 5.41) is 5.27. The summed E-state index contributed by atoms with van der Waals surface area (Å²) in [4.78, 5) is 31.8. The minimum Gasteiger partial charge on any atom is -0.316 e. The maximum Gasteiger partial charge on any atom is 0.290 e.